The van der Waals surface area contributed by atoms with Crippen LogP contribution in [0.1, 0.15) is 45.5 Å². The highest BCUT2D eigenvalue weighted by atomic mass is 19.3. The Hall–Kier alpha value is -1.67. The van der Waals surface area contributed by atoms with Crippen LogP contribution >= 0.6 is 0 Å². The summed E-state index contributed by atoms with van der Waals surface area (Å²) >= 11 is 0. The second-order valence-electron chi connectivity index (χ2n) is 6.78. The number of hydrogen-bond acceptors (Lipinski definition) is 4. The van der Waals surface area contributed by atoms with E-state index in [-0.39, 0.29) is 12.2 Å². The first-order valence-electron chi connectivity index (χ1n) is 7.64. The van der Waals surface area contributed by atoms with Crippen molar-refractivity contribution < 1.29 is 32.7 Å². The van der Waals surface area contributed by atoms with Crippen molar-refractivity contribution in [3.05, 3.63) is 29.8 Å². The molecule has 1 N–H and O–H groups in total. The highest BCUT2D eigenvalue weighted by Crippen LogP contribution is 2.42. The maximum Gasteiger partial charge on any atom is 0.466 e. The molecule has 0 spiro atoms. The summed E-state index contributed by atoms with van der Waals surface area (Å²) in [6.07, 6.45) is -0.255. The normalized spacial score (nSPS) is 20.2. The van der Waals surface area contributed by atoms with E-state index in [4.69, 9.17) is 9.31 Å². The molecule has 8 heteroatoms. The van der Waals surface area contributed by atoms with Crippen molar-refractivity contribution in [1.82, 2.24) is 0 Å². The minimum absolute atomic E-state index is 0.0330. The molecule has 1 aromatic rings. The number of hydrogen-bond donors (Lipinski definition) is 1. The molecule has 2 rings (SSSR count). The first-order chi connectivity index (χ1) is 11.0. The molecule has 0 radical (unpaired) electrons. The van der Waals surface area contributed by atoms with Crippen molar-refractivity contribution >= 4 is 13.1 Å². The monoisotopic (exact) mass is 342 g/mol. The molecule has 0 bridgehead atoms. The van der Waals surface area contributed by atoms with Crippen LogP contribution in [0.3, 0.4) is 0 Å². The van der Waals surface area contributed by atoms with Crippen molar-refractivity contribution in [2.24, 2.45) is 0 Å². The van der Waals surface area contributed by atoms with Crippen LogP contribution in [0.15, 0.2) is 24.3 Å². The maximum absolute atomic E-state index is 12.4. The van der Waals surface area contributed by atoms with Gasteiger partial charge in [0, 0.05) is 5.82 Å². The molecule has 1 aliphatic heterocycles. The van der Waals surface area contributed by atoms with Crippen LogP contribution in [0, 0.1) is 0 Å². The van der Waals surface area contributed by atoms with E-state index in [0.29, 0.717) is 5.56 Å². The van der Waals surface area contributed by atoms with Crippen LogP contribution in [0.2, 0.25) is 0 Å². The Morgan fingerprint density at radius 1 is 1.25 bits per heavy atom. The fraction of sp³-hybridized carbons (Fsp3) is 0.562. The molecule has 0 amide bonds. The van der Waals surface area contributed by atoms with Gasteiger partial charge in [-0.1, -0.05) is 12.1 Å². The van der Waals surface area contributed by atoms with E-state index >= 15 is 0 Å². The zero-order chi connectivity index (χ0) is 18.1. The number of alkyl halides is 2. The van der Waals surface area contributed by atoms with Gasteiger partial charge in [-0.2, -0.15) is 8.78 Å². The van der Waals surface area contributed by atoms with Crippen molar-refractivity contribution in [1.29, 1.82) is 0 Å². The molecule has 1 atom stereocenters. The molecule has 0 aliphatic carbocycles. The predicted molar refractivity (Wildman–Crippen MR) is 84.1 cm³/mol. The van der Waals surface area contributed by atoms with E-state index in [1.807, 2.05) is 27.7 Å². The zero-order valence-corrected chi connectivity index (χ0v) is 14.1. The molecule has 0 aromatic heterocycles. The largest absolute Gasteiger partial charge is 0.481 e. The average Bonchev–Trinajstić information content (AvgIpc) is 2.64. The number of carbonyl (C=O) groups is 1. The Labute approximate surface area is 140 Å². The van der Waals surface area contributed by atoms with Gasteiger partial charge in [0.2, 0.25) is 0 Å². The van der Waals surface area contributed by atoms with Gasteiger partial charge in [0.1, 0.15) is 5.75 Å². The third-order valence-electron chi connectivity index (χ3n) is 4.51. The smallest absolute Gasteiger partial charge is 0.466 e. The Morgan fingerprint density at radius 2 is 1.83 bits per heavy atom. The number of carboxylic acids is 1. The van der Waals surface area contributed by atoms with Crippen LogP contribution in [0.25, 0.3) is 0 Å². The highest BCUT2D eigenvalue weighted by Gasteiger charge is 2.54. The first-order valence-corrected chi connectivity index (χ1v) is 7.64. The predicted octanol–water partition coefficient (Wildman–Crippen LogP) is 3.48. The Kier molecular flexibility index (Phi) is 5.20. The van der Waals surface area contributed by atoms with E-state index < -0.39 is 36.7 Å². The molecule has 1 aromatic carbocycles. The number of carboxylic acid groups (broad SMARTS) is 1. The summed E-state index contributed by atoms with van der Waals surface area (Å²) in [5, 5.41) is 9.22. The summed E-state index contributed by atoms with van der Waals surface area (Å²) in [5.41, 5.74) is -0.731. The lowest BCUT2D eigenvalue weighted by Gasteiger charge is -2.32. The van der Waals surface area contributed by atoms with Gasteiger partial charge < -0.3 is 19.2 Å². The van der Waals surface area contributed by atoms with E-state index in [9.17, 15) is 18.7 Å². The molecule has 0 saturated carbocycles. The third kappa shape index (κ3) is 4.05. The Morgan fingerprint density at radius 3 is 2.33 bits per heavy atom. The van der Waals surface area contributed by atoms with E-state index in [1.54, 1.807) is 6.07 Å². The van der Waals surface area contributed by atoms with Gasteiger partial charge in [0.25, 0.3) is 0 Å². The quantitative estimate of drug-likeness (QED) is 0.802. The minimum Gasteiger partial charge on any atom is -0.481 e. The van der Waals surface area contributed by atoms with Gasteiger partial charge in [-0.15, -0.1) is 0 Å². The lowest BCUT2D eigenvalue weighted by atomic mass is 9.66. The maximum atomic E-state index is 12.4. The molecular weight excluding hydrogens is 321 g/mol. The molecule has 24 heavy (non-hydrogen) atoms. The summed E-state index contributed by atoms with van der Waals surface area (Å²) in [5.74, 6) is -1.71. The van der Waals surface area contributed by atoms with E-state index in [0.717, 1.165) is 0 Å². The van der Waals surface area contributed by atoms with Crippen LogP contribution < -0.4 is 4.74 Å². The zero-order valence-electron chi connectivity index (χ0n) is 14.1. The second kappa shape index (κ2) is 6.68. The minimum atomic E-state index is -2.95. The molecule has 1 aliphatic rings. The van der Waals surface area contributed by atoms with Gasteiger partial charge in [0.05, 0.1) is 17.6 Å². The summed E-state index contributed by atoms with van der Waals surface area (Å²) in [6.45, 7) is 4.50. The molecule has 1 saturated heterocycles. The lowest BCUT2D eigenvalue weighted by molar-refractivity contribution is -0.137. The topological polar surface area (TPSA) is 65.0 Å². The molecular formula is C16H21BF2O5. The number of aliphatic carboxylic acids is 1. The highest BCUT2D eigenvalue weighted by molar-refractivity contribution is 6.48. The third-order valence-corrected chi connectivity index (χ3v) is 4.51. The summed E-state index contributed by atoms with van der Waals surface area (Å²) in [7, 11) is -0.798. The van der Waals surface area contributed by atoms with Gasteiger partial charge in [0.15, 0.2) is 0 Å². The lowest BCUT2D eigenvalue weighted by Crippen LogP contribution is -2.41. The average molecular weight is 342 g/mol. The van der Waals surface area contributed by atoms with Crippen LogP contribution in [-0.2, 0) is 14.1 Å². The Bertz CT molecular complexity index is 590. The molecule has 1 heterocycles. The van der Waals surface area contributed by atoms with Gasteiger partial charge in [-0.3, -0.25) is 4.79 Å². The van der Waals surface area contributed by atoms with Crippen LogP contribution in [-0.4, -0.2) is 36.0 Å². The van der Waals surface area contributed by atoms with Gasteiger partial charge >= 0.3 is 19.7 Å². The Balaban J connectivity index is 2.31. The molecule has 5 nitrogen and oxygen atoms in total. The SMILES string of the molecule is CC1(C)OB(C(CC(=O)O)c2cccc(OC(F)F)c2)OC1(C)C. The summed E-state index contributed by atoms with van der Waals surface area (Å²) < 4.78 is 41.1. The molecule has 1 fully saturated rings. The van der Waals surface area contributed by atoms with E-state index in [1.165, 1.54) is 18.2 Å². The van der Waals surface area contributed by atoms with E-state index in [2.05, 4.69) is 4.74 Å². The number of halogens is 2. The fourth-order valence-electron chi connectivity index (χ4n) is 2.53. The second-order valence-corrected chi connectivity index (χ2v) is 6.78. The molecule has 132 valence electrons. The van der Waals surface area contributed by atoms with Crippen molar-refractivity contribution in [2.45, 2.75) is 57.7 Å². The van der Waals surface area contributed by atoms with Crippen molar-refractivity contribution in [3.8, 4) is 5.75 Å². The number of rotatable bonds is 6. The number of ether oxygens (including phenoxy) is 1. The fourth-order valence-corrected chi connectivity index (χ4v) is 2.53. The van der Waals surface area contributed by atoms with Crippen LogP contribution in [0.4, 0.5) is 8.78 Å². The van der Waals surface area contributed by atoms with Gasteiger partial charge in [-0.25, -0.2) is 0 Å². The number of benzene rings is 1. The van der Waals surface area contributed by atoms with Crippen LogP contribution in [0.5, 0.6) is 5.75 Å². The summed E-state index contributed by atoms with van der Waals surface area (Å²) in [6, 6.07) is 5.96. The van der Waals surface area contributed by atoms with Gasteiger partial charge in [-0.05, 0) is 45.4 Å². The standard InChI is InChI=1S/C16H21BF2O5/c1-15(2)16(3,4)24-17(23-15)12(9-13(20)21)10-6-5-7-11(8-10)22-14(18)19/h5-8,12,14H,9H2,1-4H3,(H,20,21). The summed E-state index contributed by atoms with van der Waals surface area (Å²) in [4.78, 5) is 11.3. The van der Waals surface area contributed by atoms with Crippen molar-refractivity contribution in [2.75, 3.05) is 0 Å². The van der Waals surface area contributed by atoms with Crippen molar-refractivity contribution in [3.63, 3.8) is 0 Å². The first kappa shape index (κ1) is 18.7. The molecule has 1 unspecified atom stereocenters.